The van der Waals surface area contributed by atoms with E-state index in [1.165, 1.54) is 0 Å². The van der Waals surface area contributed by atoms with Gasteiger partial charge in [0.05, 0.1) is 0 Å². The fourth-order valence-electron chi connectivity index (χ4n) is 1.46. The van der Waals surface area contributed by atoms with E-state index >= 15 is 0 Å². The first kappa shape index (κ1) is 15.9. The number of carboxylic acids is 1. The molecule has 2 N–H and O–H groups in total. The number of carboxylic acid groups (broad SMARTS) is 1. The molecule has 0 radical (unpaired) electrons. The Balaban J connectivity index is 4.26. The maximum Gasteiger partial charge on any atom is 0.326 e. The second kappa shape index (κ2) is 6.62. The van der Waals surface area contributed by atoms with E-state index in [9.17, 15) is 9.59 Å². The molecule has 0 saturated carbocycles. The molecule has 0 aliphatic carbocycles. The minimum absolute atomic E-state index is 0.0798. The van der Waals surface area contributed by atoms with E-state index in [0.29, 0.717) is 12.8 Å². The number of nitrogens with one attached hydrogen (secondary N) is 1. The van der Waals surface area contributed by atoms with Crippen molar-refractivity contribution in [3.63, 3.8) is 0 Å². The average molecular weight is 243 g/mol. The summed E-state index contributed by atoms with van der Waals surface area (Å²) in [5.74, 6) is -0.889. The molecule has 0 fully saturated rings. The van der Waals surface area contributed by atoms with Crippen molar-refractivity contribution in [3.8, 4) is 0 Å². The van der Waals surface area contributed by atoms with E-state index in [0.717, 1.165) is 6.42 Å². The summed E-state index contributed by atoms with van der Waals surface area (Å²) in [6.07, 6.45) is 1.62. The van der Waals surface area contributed by atoms with Crippen LogP contribution in [0.1, 0.15) is 53.9 Å². The van der Waals surface area contributed by atoms with Gasteiger partial charge in [-0.1, -0.05) is 34.6 Å². The van der Waals surface area contributed by atoms with Gasteiger partial charge in [-0.3, -0.25) is 4.79 Å². The summed E-state index contributed by atoms with van der Waals surface area (Å²) in [7, 11) is 0. The zero-order chi connectivity index (χ0) is 13.6. The van der Waals surface area contributed by atoms with Crippen molar-refractivity contribution < 1.29 is 14.7 Å². The quantitative estimate of drug-likeness (QED) is 0.753. The van der Waals surface area contributed by atoms with Crippen molar-refractivity contribution in [3.05, 3.63) is 0 Å². The van der Waals surface area contributed by atoms with Crippen LogP contribution in [-0.4, -0.2) is 23.0 Å². The Labute approximate surface area is 104 Å². The molecule has 0 heterocycles. The summed E-state index contributed by atoms with van der Waals surface area (Å²) in [6, 6.07) is -0.763. The lowest BCUT2D eigenvalue weighted by Crippen LogP contribution is -2.41. The SMILES string of the molecule is CC(C)CC(=O)NC(CCC(C)(C)C)C(=O)O. The van der Waals surface area contributed by atoms with Crippen LogP contribution in [-0.2, 0) is 9.59 Å². The Morgan fingerprint density at radius 1 is 1.24 bits per heavy atom. The van der Waals surface area contributed by atoms with E-state index in [1.807, 2.05) is 13.8 Å². The minimum Gasteiger partial charge on any atom is -0.480 e. The van der Waals surface area contributed by atoms with Gasteiger partial charge in [0.15, 0.2) is 0 Å². The highest BCUT2D eigenvalue weighted by atomic mass is 16.4. The smallest absolute Gasteiger partial charge is 0.326 e. The molecule has 0 bridgehead atoms. The molecule has 0 aromatic carbocycles. The Bertz CT molecular complexity index is 266. The molecule has 0 rings (SSSR count). The van der Waals surface area contributed by atoms with Gasteiger partial charge in [0, 0.05) is 6.42 Å². The van der Waals surface area contributed by atoms with Crippen molar-refractivity contribution in [2.24, 2.45) is 11.3 Å². The van der Waals surface area contributed by atoms with Crippen LogP contribution in [0.25, 0.3) is 0 Å². The van der Waals surface area contributed by atoms with Crippen LogP contribution < -0.4 is 5.32 Å². The molecule has 0 saturated heterocycles. The molecule has 4 nitrogen and oxygen atoms in total. The first-order valence-corrected chi connectivity index (χ1v) is 6.14. The van der Waals surface area contributed by atoms with Crippen LogP contribution in [0.2, 0.25) is 0 Å². The summed E-state index contributed by atoms with van der Waals surface area (Å²) in [6.45, 7) is 10.0. The van der Waals surface area contributed by atoms with Crippen molar-refractivity contribution in [2.45, 2.75) is 59.9 Å². The second-order valence-electron chi connectivity index (χ2n) is 6.16. The predicted octanol–water partition coefficient (Wildman–Crippen LogP) is 2.43. The number of carbonyl (C=O) groups is 2. The topological polar surface area (TPSA) is 66.4 Å². The fraction of sp³-hybridized carbons (Fsp3) is 0.846. The molecule has 100 valence electrons. The summed E-state index contributed by atoms with van der Waals surface area (Å²) >= 11 is 0. The number of hydrogen-bond donors (Lipinski definition) is 2. The summed E-state index contributed by atoms with van der Waals surface area (Å²) in [5, 5.41) is 11.6. The van der Waals surface area contributed by atoms with Crippen LogP contribution in [0.3, 0.4) is 0 Å². The lowest BCUT2D eigenvalue weighted by Gasteiger charge is -2.21. The third-order valence-corrected chi connectivity index (χ3v) is 2.41. The maximum atomic E-state index is 11.5. The standard InChI is InChI=1S/C13H25NO3/c1-9(2)8-11(15)14-10(12(16)17)6-7-13(3,4)5/h9-10H,6-8H2,1-5H3,(H,14,15)(H,16,17). The van der Waals surface area contributed by atoms with Gasteiger partial charge in [-0.15, -0.1) is 0 Å². The molecule has 4 heteroatoms. The molecule has 17 heavy (non-hydrogen) atoms. The largest absolute Gasteiger partial charge is 0.480 e. The van der Waals surface area contributed by atoms with E-state index in [1.54, 1.807) is 0 Å². The number of carbonyl (C=O) groups excluding carboxylic acids is 1. The predicted molar refractivity (Wildman–Crippen MR) is 67.7 cm³/mol. The van der Waals surface area contributed by atoms with Crippen molar-refractivity contribution >= 4 is 11.9 Å². The van der Waals surface area contributed by atoms with Gasteiger partial charge in [-0.25, -0.2) is 4.79 Å². The minimum atomic E-state index is -0.952. The average Bonchev–Trinajstić information content (AvgIpc) is 2.08. The molecule has 0 spiro atoms. The van der Waals surface area contributed by atoms with Crippen molar-refractivity contribution in [1.29, 1.82) is 0 Å². The van der Waals surface area contributed by atoms with Gasteiger partial charge in [-0.05, 0) is 24.2 Å². The van der Waals surface area contributed by atoms with Crippen LogP contribution >= 0.6 is 0 Å². The summed E-state index contributed by atoms with van der Waals surface area (Å²) in [4.78, 5) is 22.5. The molecule has 1 amide bonds. The van der Waals surface area contributed by atoms with Crippen LogP contribution in [0.15, 0.2) is 0 Å². The van der Waals surface area contributed by atoms with Gasteiger partial charge >= 0.3 is 5.97 Å². The maximum absolute atomic E-state index is 11.5. The molecule has 0 aliphatic rings. The first-order valence-electron chi connectivity index (χ1n) is 6.14. The van der Waals surface area contributed by atoms with Gasteiger partial charge in [0.25, 0.3) is 0 Å². The van der Waals surface area contributed by atoms with Crippen molar-refractivity contribution in [2.75, 3.05) is 0 Å². The molecule has 0 aliphatic heterocycles. The Hall–Kier alpha value is -1.06. The van der Waals surface area contributed by atoms with E-state index < -0.39 is 12.0 Å². The van der Waals surface area contributed by atoms with Gasteiger partial charge in [-0.2, -0.15) is 0 Å². The lowest BCUT2D eigenvalue weighted by atomic mass is 9.88. The van der Waals surface area contributed by atoms with E-state index in [4.69, 9.17) is 5.11 Å². The highest BCUT2D eigenvalue weighted by molar-refractivity contribution is 5.83. The van der Waals surface area contributed by atoms with Crippen LogP contribution in [0.5, 0.6) is 0 Å². The molecule has 0 aromatic rings. The molecule has 1 unspecified atom stereocenters. The lowest BCUT2D eigenvalue weighted by molar-refractivity contribution is -0.142. The third-order valence-electron chi connectivity index (χ3n) is 2.41. The normalized spacial score (nSPS) is 13.5. The highest BCUT2D eigenvalue weighted by Gasteiger charge is 2.22. The van der Waals surface area contributed by atoms with Gasteiger partial charge in [0.2, 0.25) is 5.91 Å². The Kier molecular flexibility index (Phi) is 6.21. The molecule has 1 atom stereocenters. The Morgan fingerprint density at radius 3 is 2.12 bits per heavy atom. The van der Waals surface area contributed by atoms with E-state index in [2.05, 4.69) is 26.1 Å². The van der Waals surface area contributed by atoms with Crippen LogP contribution in [0.4, 0.5) is 0 Å². The summed E-state index contributed by atoms with van der Waals surface area (Å²) < 4.78 is 0. The van der Waals surface area contributed by atoms with Crippen LogP contribution in [0, 0.1) is 11.3 Å². The zero-order valence-corrected chi connectivity index (χ0v) is 11.5. The number of aliphatic carboxylic acids is 1. The molecular weight excluding hydrogens is 218 g/mol. The molecular formula is C13H25NO3. The number of amides is 1. The third kappa shape index (κ3) is 8.72. The zero-order valence-electron chi connectivity index (χ0n) is 11.5. The van der Waals surface area contributed by atoms with E-state index in [-0.39, 0.29) is 17.2 Å². The second-order valence-corrected chi connectivity index (χ2v) is 6.16. The number of rotatable bonds is 6. The Morgan fingerprint density at radius 2 is 1.76 bits per heavy atom. The van der Waals surface area contributed by atoms with Crippen molar-refractivity contribution in [1.82, 2.24) is 5.32 Å². The summed E-state index contributed by atoms with van der Waals surface area (Å²) in [5.41, 5.74) is 0.0798. The van der Waals surface area contributed by atoms with Gasteiger partial charge < -0.3 is 10.4 Å². The first-order chi connectivity index (χ1) is 7.61. The number of hydrogen-bond acceptors (Lipinski definition) is 2. The van der Waals surface area contributed by atoms with Gasteiger partial charge in [0.1, 0.15) is 6.04 Å². The molecule has 0 aromatic heterocycles. The highest BCUT2D eigenvalue weighted by Crippen LogP contribution is 2.21. The monoisotopic (exact) mass is 243 g/mol. The fourth-order valence-corrected chi connectivity index (χ4v) is 1.46.